The number of nitrogen functional groups attached to an aromatic ring is 1. The first-order valence-corrected chi connectivity index (χ1v) is 6.97. The molecule has 1 aliphatic carbocycles. The number of nitrogens with two attached hydrogens (primary N) is 1. The van der Waals surface area contributed by atoms with Gasteiger partial charge in [0.05, 0.1) is 11.5 Å². The Hall–Kier alpha value is -1.55. The highest BCUT2D eigenvalue weighted by Gasteiger charge is 2.51. The summed E-state index contributed by atoms with van der Waals surface area (Å²) in [5, 5.41) is 3.05. The van der Waals surface area contributed by atoms with Crippen LogP contribution in [-0.2, 0) is 14.9 Å². The molecule has 1 saturated carbocycles. The van der Waals surface area contributed by atoms with Crippen LogP contribution in [-0.4, -0.2) is 25.2 Å². The van der Waals surface area contributed by atoms with E-state index in [1.165, 1.54) is 0 Å². The highest BCUT2D eigenvalue weighted by Crippen LogP contribution is 2.48. The van der Waals surface area contributed by atoms with Crippen molar-refractivity contribution < 1.29 is 9.53 Å². The number of anilines is 1. The fraction of sp³-hybridized carbons (Fsp3) is 0.533. The average molecular weight is 260 g/mol. The molecule has 0 radical (unpaired) electrons. The van der Waals surface area contributed by atoms with Crippen molar-refractivity contribution >= 4 is 11.6 Å². The number of ether oxygens (including phenoxy) is 1. The van der Waals surface area contributed by atoms with E-state index in [2.05, 4.69) is 5.32 Å². The van der Waals surface area contributed by atoms with E-state index in [0.29, 0.717) is 6.54 Å². The van der Waals surface area contributed by atoms with Gasteiger partial charge in [0.2, 0.25) is 5.91 Å². The summed E-state index contributed by atoms with van der Waals surface area (Å²) in [6.07, 6.45) is 4.20. The van der Waals surface area contributed by atoms with Gasteiger partial charge in [0.1, 0.15) is 0 Å². The second-order valence-electron chi connectivity index (χ2n) is 5.55. The van der Waals surface area contributed by atoms with E-state index in [-0.39, 0.29) is 17.4 Å². The first kappa shape index (κ1) is 12.5. The van der Waals surface area contributed by atoms with E-state index < -0.39 is 0 Å². The van der Waals surface area contributed by atoms with Gasteiger partial charge in [0.15, 0.2) is 0 Å². The summed E-state index contributed by atoms with van der Waals surface area (Å²) in [5.74, 6) is 0.132. The minimum Gasteiger partial charge on any atom is -0.399 e. The molecule has 1 amide bonds. The second-order valence-corrected chi connectivity index (χ2v) is 5.55. The maximum Gasteiger partial charge on any atom is 0.230 e. The van der Waals surface area contributed by atoms with Crippen LogP contribution >= 0.6 is 0 Å². The molecule has 1 atom stereocenters. The lowest BCUT2D eigenvalue weighted by atomic mass is 9.94. The molecule has 2 fully saturated rings. The highest BCUT2D eigenvalue weighted by atomic mass is 16.5. The summed E-state index contributed by atoms with van der Waals surface area (Å²) in [6, 6.07) is 7.66. The third-order valence-corrected chi connectivity index (χ3v) is 4.16. The standard InChI is InChI=1S/C15H20N2O2/c16-12-5-3-11(4-6-12)15(7-8-15)14(18)17-10-13-2-1-9-19-13/h3-6,13H,1-2,7-10,16H2,(H,17,18)/t13-/m1/s1. The molecule has 3 rings (SSSR count). The van der Waals surface area contributed by atoms with Crippen molar-refractivity contribution in [1.82, 2.24) is 5.32 Å². The van der Waals surface area contributed by atoms with Crippen LogP contribution in [0.25, 0.3) is 0 Å². The predicted molar refractivity (Wildman–Crippen MR) is 73.8 cm³/mol. The fourth-order valence-corrected chi connectivity index (χ4v) is 2.76. The van der Waals surface area contributed by atoms with E-state index in [1.807, 2.05) is 24.3 Å². The molecule has 0 bridgehead atoms. The molecule has 0 spiro atoms. The van der Waals surface area contributed by atoms with Gasteiger partial charge in [-0.05, 0) is 43.4 Å². The van der Waals surface area contributed by atoms with E-state index in [9.17, 15) is 4.79 Å². The second kappa shape index (κ2) is 4.85. The van der Waals surface area contributed by atoms with Crippen LogP contribution in [0.1, 0.15) is 31.2 Å². The summed E-state index contributed by atoms with van der Waals surface area (Å²) in [7, 11) is 0. The molecule has 1 aromatic carbocycles. The lowest BCUT2D eigenvalue weighted by molar-refractivity contribution is -0.124. The number of amides is 1. The zero-order chi connectivity index (χ0) is 13.3. The van der Waals surface area contributed by atoms with Crippen molar-refractivity contribution in [3.8, 4) is 0 Å². The molecule has 0 aromatic heterocycles. The Morgan fingerprint density at radius 3 is 2.68 bits per heavy atom. The molecule has 1 aliphatic heterocycles. The molecule has 102 valence electrons. The van der Waals surface area contributed by atoms with E-state index in [1.54, 1.807) is 0 Å². The van der Waals surface area contributed by atoms with Crippen LogP contribution < -0.4 is 11.1 Å². The first-order chi connectivity index (χ1) is 9.21. The topological polar surface area (TPSA) is 64.4 Å². The lowest BCUT2D eigenvalue weighted by Crippen LogP contribution is -2.39. The largest absolute Gasteiger partial charge is 0.399 e. The number of carbonyl (C=O) groups excluding carboxylic acids is 1. The fourth-order valence-electron chi connectivity index (χ4n) is 2.76. The molecule has 1 heterocycles. The normalized spacial score (nSPS) is 24.1. The molecular formula is C15H20N2O2. The van der Waals surface area contributed by atoms with Gasteiger partial charge in [0.25, 0.3) is 0 Å². The van der Waals surface area contributed by atoms with Gasteiger partial charge in [0, 0.05) is 18.8 Å². The number of hydrogen-bond acceptors (Lipinski definition) is 3. The van der Waals surface area contributed by atoms with Crippen molar-refractivity contribution in [3.63, 3.8) is 0 Å². The van der Waals surface area contributed by atoms with Gasteiger partial charge in [-0.25, -0.2) is 0 Å². The summed E-state index contributed by atoms with van der Waals surface area (Å²) < 4.78 is 5.53. The average Bonchev–Trinajstić information content (AvgIpc) is 3.07. The molecule has 0 unspecified atom stereocenters. The minimum absolute atomic E-state index is 0.132. The van der Waals surface area contributed by atoms with Gasteiger partial charge in [-0.3, -0.25) is 4.79 Å². The molecule has 3 N–H and O–H groups in total. The quantitative estimate of drug-likeness (QED) is 0.808. The molecule has 4 nitrogen and oxygen atoms in total. The van der Waals surface area contributed by atoms with E-state index in [0.717, 1.165) is 43.5 Å². The highest BCUT2D eigenvalue weighted by molar-refractivity contribution is 5.91. The van der Waals surface area contributed by atoms with E-state index in [4.69, 9.17) is 10.5 Å². The van der Waals surface area contributed by atoms with Gasteiger partial charge in [-0.2, -0.15) is 0 Å². The summed E-state index contributed by atoms with van der Waals surface area (Å²) in [4.78, 5) is 12.4. The van der Waals surface area contributed by atoms with Gasteiger partial charge < -0.3 is 15.8 Å². The molecular weight excluding hydrogens is 240 g/mol. The van der Waals surface area contributed by atoms with Gasteiger partial charge >= 0.3 is 0 Å². The van der Waals surface area contributed by atoms with Crippen LogP contribution in [0.3, 0.4) is 0 Å². The van der Waals surface area contributed by atoms with Crippen LogP contribution in [0.2, 0.25) is 0 Å². The van der Waals surface area contributed by atoms with Crippen LogP contribution in [0.5, 0.6) is 0 Å². The first-order valence-electron chi connectivity index (χ1n) is 6.97. The molecule has 2 aliphatic rings. The maximum atomic E-state index is 12.4. The van der Waals surface area contributed by atoms with Crippen LogP contribution in [0.4, 0.5) is 5.69 Å². The molecule has 1 saturated heterocycles. The molecule has 1 aromatic rings. The van der Waals surface area contributed by atoms with Crippen LogP contribution in [0, 0.1) is 0 Å². The van der Waals surface area contributed by atoms with Crippen molar-refractivity contribution in [1.29, 1.82) is 0 Å². The number of rotatable bonds is 4. The number of benzene rings is 1. The molecule has 19 heavy (non-hydrogen) atoms. The Balaban J connectivity index is 1.63. The number of carbonyl (C=O) groups is 1. The third kappa shape index (κ3) is 2.45. The molecule has 4 heteroatoms. The number of hydrogen-bond donors (Lipinski definition) is 2. The van der Waals surface area contributed by atoms with Gasteiger partial charge in [-0.1, -0.05) is 12.1 Å². The predicted octanol–water partition coefficient (Wildman–Crippen LogP) is 1.60. The summed E-state index contributed by atoms with van der Waals surface area (Å²) in [6.45, 7) is 1.46. The monoisotopic (exact) mass is 260 g/mol. The Morgan fingerprint density at radius 1 is 1.37 bits per heavy atom. The van der Waals surface area contributed by atoms with Crippen LogP contribution in [0.15, 0.2) is 24.3 Å². The Kier molecular flexibility index (Phi) is 3.19. The smallest absolute Gasteiger partial charge is 0.230 e. The maximum absolute atomic E-state index is 12.4. The summed E-state index contributed by atoms with van der Waals surface area (Å²) in [5.41, 5.74) is 7.19. The van der Waals surface area contributed by atoms with Crippen molar-refractivity contribution in [2.75, 3.05) is 18.9 Å². The minimum atomic E-state index is -0.313. The van der Waals surface area contributed by atoms with Crippen molar-refractivity contribution in [2.45, 2.75) is 37.2 Å². The van der Waals surface area contributed by atoms with Crippen molar-refractivity contribution in [3.05, 3.63) is 29.8 Å². The Morgan fingerprint density at radius 2 is 2.11 bits per heavy atom. The zero-order valence-corrected chi connectivity index (χ0v) is 11.0. The SMILES string of the molecule is Nc1ccc(C2(C(=O)NC[C@H]3CCCO3)CC2)cc1. The number of nitrogens with one attached hydrogen (secondary N) is 1. The zero-order valence-electron chi connectivity index (χ0n) is 11.0. The van der Waals surface area contributed by atoms with E-state index >= 15 is 0 Å². The Bertz CT molecular complexity index is 460. The van der Waals surface area contributed by atoms with Gasteiger partial charge in [-0.15, -0.1) is 0 Å². The van der Waals surface area contributed by atoms with Crippen molar-refractivity contribution in [2.24, 2.45) is 0 Å². The summed E-state index contributed by atoms with van der Waals surface area (Å²) >= 11 is 0. The Labute approximate surface area is 113 Å². The lowest BCUT2D eigenvalue weighted by Gasteiger charge is -2.18. The third-order valence-electron chi connectivity index (χ3n) is 4.16.